The lowest BCUT2D eigenvalue weighted by molar-refractivity contribution is -0.158. The molecule has 5 N–H and O–H groups in total. The molecule has 7 heteroatoms. The van der Waals surface area contributed by atoms with Crippen LogP contribution in [0, 0.1) is 0 Å². The molecule has 0 bridgehead atoms. The molecule has 180 valence electrons. The zero-order chi connectivity index (χ0) is 23.9. The van der Waals surface area contributed by atoms with E-state index in [0.29, 0.717) is 12.8 Å². The van der Waals surface area contributed by atoms with Crippen LogP contribution in [0.1, 0.15) is 83.6 Å². The molecule has 1 aromatic carbocycles. The molecule has 0 fully saturated rings. The van der Waals surface area contributed by atoms with Gasteiger partial charge in [-0.2, -0.15) is 0 Å². The Bertz CT molecular complexity index is 666. The molecule has 0 saturated heterocycles. The summed E-state index contributed by atoms with van der Waals surface area (Å²) in [6.07, 6.45) is 7.16. The molecule has 0 aliphatic rings. The number of carboxylic acids is 1. The zero-order valence-corrected chi connectivity index (χ0v) is 19.7. The predicted octanol–water partition coefficient (Wildman–Crippen LogP) is 3.63. The minimum absolute atomic E-state index is 0.0454. The molecule has 0 heterocycles. The van der Waals surface area contributed by atoms with E-state index in [9.17, 15) is 19.5 Å². The van der Waals surface area contributed by atoms with Crippen molar-refractivity contribution < 1.29 is 19.5 Å². The van der Waals surface area contributed by atoms with Crippen LogP contribution in [0.5, 0.6) is 0 Å². The SMILES string of the molecule is CCCCCC(N)CC(=O)N(C(=O)CC(N)CCCCC)[C@@H](Cc1ccccc1)C(=O)O. The minimum Gasteiger partial charge on any atom is -0.480 e. The number of carboxylic acid groups (broad SMARTS) is 1. The fraction of sp³-hybridized carbons (Fsp3) is 0.640. The van der Waals surface area contributed by atoms with E-state index in [1.807, 2.05) is 6.07 Å². The van der Waals surface area contributed by atoms with Gasteiger partial charge in [0, 0.05) is 31.3 Å². The van der Waals surface area contributed by atoms with E-state index in [4.69, 9.17) is 11.5 Å². The number of carbonyl (C=O) groups is 3. The molecule has 0 aliphatic heterocycles. The quantitative estimate of drug-likeness (QED) is 0.332. The number of aliphatic carboxylic acids is 1. The Balaban J connectivity index is 3.01. The van der Waals surface area contributed by atoms with Crippen molar-refractivity contribution in [3.8, 4) is 0 Å². The average Bonchev–Trinajstić information content (AvgIpc) is 2.74. The van der Waals surface area contributed by atoms with Gasteiger partial charge >= 0.3 is 5.97 Å². The Kier molecular flexibility index (Phi) is 13.5. The molecule has 0 radical (unpaired) electrons. The second kappa shape index (κ2) is 15.5. The predicted molar refractivity (Wildman–Crippen MR) is 127 cm³/mol. The van der Waals surface area contributed by atoms with Crippen molar-refractivity contribution in [3.05, 3.63) is 35.9 Å². The topological polar surface area (TPSA) is 127 Å². The van der Waals surface area contributed by atoms with Crippen LogP contribution in [0.3, 0.4) is 0 Å². The van der Waals surface area contributed by atoms with E-state index in [1.165, 1.54) is 0 Å². The van der Waals surface area contributed by atoms with E-state index in [1.54, 1.807) is 24.3 Å². The summed E-state index contributed by atoms with van der Waals surface area (Å²) in [5, 5.41) is 9.91. The summed E-state index contributed by atoms with van der Waals surface area (Å²) in [4.78, 5) is 39.3. The third kappa shape index (κ3) is 10.4. The maximum Gasteiger partial charge on any atom is 0.327 e. The van der Waals surface area contributed by atoms with Gasteiger partial charge in [0.05, 0.1) is 0 Å². The number of hydrogen-bond donors (Lipinski definition) is 3. The Hall–Kier alpha value is -2.25. The third-order valence-electron chi connectivity index (χ3n) is 5.64. The number of unbranched alkanes of at least 4 members (excludes halogenated alkanes) is 4. The first-order valence-electron chi connectivity index (χ1n) is 11.9. The first-order valence-corrected chi connectivity index (χ1v) is 11.9. The highest BCUT2D eigenvalue weighted by atomic mass is 16.4. The molecule has 2 unspecified atom stereocenters. The van der Waals surface area contributed by atoms with Crippen molar-refractivity contribution in [2.24, 2.45) is 11.5 Å². The first kappa shape index (κ1) is 27.8. The van der Waals surface area contributed by atoms with Crippen LogP contribution < -0.4 is 11.5 Å². The van der Waals surface area contributed by atoms with Gasteiger partial charge in [-0.1, -0.05) is 82.7 Å². The van der Waals surface area contributed by atoms with E-state index in [0.717, 1.165) is 49.0 Å². The fourth-order valence-electron chi connectivity index (χ4n) is 3.78. The summed E-state index contributed by atoms with van der Waals surface area (Å²) >= 11 is 0. The van der Waals surface area contributed by atoms with Crippen LogP contribution >= 0.6 is 0 Å². The van der Waals surface area contributed by atoms with Gasteiger partial charge in [-0.05, 0) is 18.4 Å². The van der Waals surface area contributed by atoms with E-state index >= 15 is 0 Å². The van der Waals surface area contributed by atoms with E-state index < -0.39 is 35.9 Å². The number of rotatable bonds is 16. The Morgan fingerprint density at radius 1 is 0.844 bits per heavy atom. The van der Waals surface area contributed by atoms with Gasteiger partial charge in [0.25, 0.3) is 0 Å². The second-order valence-electron chi connectivity index (χ2n) is 8.62. The molecule has 0 spiro atoms. The molecule has 3 atom stereocenters. The molecule has 0 saturated carbocycles. The number of imide groups is 1. The van der Waals surface area contributed by atoms with Crippen molar-refractivity contribution in [2.75, 3.05) is 0 Å². The Morgan fingerprint density at radius 3 is 1.72 bits per heavy atom. The number of carbonyl (C=O) groups excluding carboxylic acids is 2. The largest absolute Gasteiger partial charge is 0.480 e. The van der Waals surface area contributed by atoms with E-state index in [-0.39, 0.29) is 19.3 Å². The van der Waals surface area contributed by atoms with Crippen LogP contribution in [0.25, 0.3) is 0 Å². The van der Waals surface area contributed by atoms with Crippen molar-refractivity contribution in [3.63, 3.8) is 0 Å². The number of amides is 2. The number of nitrogens with two attached hydrogens (primary N) is 2. The monoisotopic (exact) mass is 447 g/mol. The summed E-state index contributed by atoms with van der Waals surface area (Å²) in [7, 11) is 0. The number of nitrogens with zero attached hydrogens (tertiary/aromatic N) is 1. The van der Waals surface area contributed by atoms with Crippen LogP contribution in [-0.2, 0) is 20.8 Å². The molecule has 2 amide bonds. The maximum absolute atomic E-state index is 13.1. The zero-order valence-electron chi connectivity index (χ0n) is 19.7. The minimum atomic E-state index is -1.29. The number of benzene rings is 1. The van der Waals surface area contributed by atoms with Gasteiger partial charge < -0.3 is 16.6 Å². The first-order chi connectivity index (χ1) is 15.3. The van der Waals surface area contributed by atoms with Gasteiger partial charge in [-0.15, -0.1) is 0 Å². The highest BCUT2D eigenvalue weighted by Crippen LogP contribution is 2.17. The second-order valence-corrected chi connectivity index (χ2v) is 8.62. The lowest BCUT2D eigenvalue weighted by Crippen LogP contribution is -2.52. The van der Waals surface area contributed by atoms with Gasteiger partial charge in [0.2, 0.25) is 11.8 Å². The van der Waals surface area contributed by atoms with E-state index in [2.05, 4.69) is 13.8 Å². The standard InChI is InChI=1S/C25H41N3O4/c1-3-5-8-14-20(26)17-23(29)28(24(30)18-21(27)15-9-6-4-2)22(25(31)32)16-19-12-10-7-11-13-19/h7,10-13,20-22H,3-6,8-9,14-18,26-27H2,1-2H3,(H,31,32)/t20?,21?,22-/m0/s1. The van der Waals surface area contributed by atoms with Crippen molar-refractivity contribution in [2.45, 2.75) is 103 Å². The lowest BCUT2D eigenvalue weighted by Gasteiger charge is -2.29. The highest BCUT2D eigenvalue weighted by Gasteiger charge is 2.35. The number of hydrogen-bond acceptors (Lipinski definition) is 5. The molecule has 0 aliphatic carbocycles. The summed E-state index contributed by atoms with van der Waals surface area (Å²) < 4.78 is 0. The molecule has 0 aromatic heterocycles. The Labute approximate surface area is 192 Å². The lowest BCUT2D eigenvalue weighted by atomic mass is 10.00. The van der Waals surface area contributed by atoms with Crippen LogP contribution in [-0.4, -0.2) is 45.9 Å². The fourth-order valence-corrected chi connectivity index (χ4v) is 3.78. The van der Waals surface area contributed by atoms with Gasteiger partial charge in [-0.25, -0.2) is 4.79 Å². The van der Waals surface area contributed by atoms with Crippen LogP contribution in [0.15, 0.2) is 30.3 Å². The summed E-state index contributed by atoms with van der Waals surface area (Å²) in [6.45, 7) is 4.17. The maximum atomic E-state index is 13.1. The average molecular weight is 448 g/mol. The smallest absolute Gasteiger partial charge is 0.327 e. The van der Waals surface area contributed by atoms with Gasteiger partial charge in [0.15, 0.2) is 0 Å². The molecular weight excluding hydrogens is 406 g/mol. The van der Waals surface area contributed by atoms with Gasteiger partial charge in [0.1, 0.15) is 6.04 Å². The molecular formula is C25H41N3O4. The van der Waals surface area contributed by atoms with Crippen LogP contribution in [0.4, 0.5) is 0 Å². The molecule has 7 nitrogen and oxygen atoms in total. The summed E-state index contributed by atoms with van der Waals surface area (Å²) in [6, 6.07) is 6.90. The molecule has 32 heavy (non-hydrogen) atoms. The summed E-state index contributed by atoms with van der Waals surface area (Å²) in [5.41, 5.74) is 13.0. The van der Waals surface area contributed by atoms with Gasteiger partial charge in [-0.3, -0.25) is 14.5 Å². The highest BCUT2D eigenvalue weighted by molar-refractivity contribution is 5.99. The molecule has 1 aromatic rings. The third-order valence-corrected chi connectivity index (χ3v) is 5.64. The van der Waals surface area contributed by atoms with Crippen LogP contribution in [0.2, 0.25) is 0 Å². The Morgan fingerprint density at radius 2 is 1.31 bits per heavy atom. The normalized spacial score (nSPS) is 13.9. The summed E-state index contributed by atoms with van der Waals surface area (Å²) in [5.74, 6) is -2.29. The van der Waals surface area contributed by atoms with Crippen molar-refractivity contribution >= 4 is 17.8 Å². The van der Waals surface area contributed by atoms with Crippen molar-refractivity contribution in [1.29, 1.82) is 0 Å². The molecule has 1 rings (SSSR count). The van der Waals surface area contributed by atoms with Crippen molar-refractivity contribution in [1.82, 2.24) is 4.90 Å².